The second-order valence-electron chi connectivity index (χ2n) is 7.18. The monoisotopic (exact) mass is 384 g/mol. The molecule has 0 saturated carbocycles. The number of ether oxygens (including phenoxy) is 2. The van der Waals surface area contributed by atoms with Crippen LogP contribution >= 0.6 is 0 Å². The summed E-state index contributed by atoms with van der Waals surface area (Å²) in [6, 6.07) is 11.0. The first kappa shape index (κ1) is 18.3. The second kappa shape index (κ2) is 6.82. The number of likely N-dealkylation sites (tertiary alicyclic amines) is 1. The fraction of sp³-hybridized carbons (Fsp3) is 0.333. The summed E-state index contributed by atoms with van der Waals surface area (Å²) in [5.41, 5.74) is 0.349. The largest absolute Gasteiger partial charge is 0.454 e. The number of β-lactam (4-membered cyclic amide) rings is 1. The molecule has 1 saturated heterocycles. The van der Waals surface area contributed by atoms with Gasteiger partial charge < -0.3 is 19.7 Å². The number of hydrogen-bond donors (Lipinski definition) is 1. The smallest absolute Gasteiger partial charge is 0.250 e. The Morgan fingerprint density at radius 3 is 2.61 bits per heavy atom. The van der Waals surface area contributed by atoms with Gasteiger partial charge >= 0.3 is 0 Å². The first-order chi connectivity index (χ1) is 13.4. The summed E-state index contributed by atoms with van der Waals surface area (Å²) in [4.78, 5) is 27.2. The third kappa shape index (κ3) is 2.96. The van der Waals surface area contributed by atoms with Crippen LogP contribution in [0.1, 0.15) is 38.3 Å². The molecule has 1 fully saturated rings. The van der Waals surface area contributed by atoms with E-state index in [1.165, 1.54) is 12.1 Å². The average Bonchev–Trinajstić information content (AvgIpc) is 3.14. The Balaban J connectivity index is 1.57. The molecule has 0 radical (unpaired) electrons. The molecule has 2 unspecified atom stereocenters. The molecule has 4 rings (SSSR count). The number of nitrogens with one attached hydrogen (secondary N) is 1. The quantitative estimate of drug-likeness (QED) is 0.800. The highest BCUT2D eigenvalue weighted by molar-refractivity contribution is 6.01. The molecular weight excluding hydrogens is 363 g/mol. The Labute approximate surface area is 162 Å². The molecule has 7 heteroatoms. The van der Waals surface area contributed by atoms with Crippen molar-refractivity contribution in [2.75, 3.05) is 12.1 Å². The van der Waals surface area contributed by atoms with Crippen LogP contribution in [0.3, 0.4) is 0 Å². The van der Waals surface area contributed by atoms with Gasteiger partial charge in [-0.25, -0.2) is 4.39 Å². The molecule has 2 aliphatic rings. The minimum atomic E-state index is -1.04. The van der Waals surface area contributed by atoms with Crippen molar-refractivity contribution in [3.8, 4) is 11.5 Å². The molecule has 1 N–H and O–H groups in total. The highest BCUT2D eigenvalue weighted by Crippen LogP contribution is 2.42. The zero-order valence-electron chi connectivity index (χ0n) is 15.7. The fourth-order valence-electron chi connectivity index (χ4n) is 3.67. The zero-order valence-corrected chi connectivity index (χ0v) is 15.7. The molecule has 2 heterocycles. The number of nitrogens with zero attached hydrogens (tertiary/aromatic N) is 1. The van der Waals surface area contributed by atoms with E-state index in [0.717, 1.165) is 5.56 Å². The third-order valence-electron chi connectivity index (χ3n) is 5.54. The van der Waals surface area contributed by atoms with Gasteiger partial charge in [0, 0.05) is 11.8 Å². The van der Waals surface area contributed by atoms with Gasteiger partial charge in [-0.1, -0.05) is 19.1 Å². The summed E-state index contributed by atoms with van der Waals surface area (Å²) in [7, 11) is 0. The number of carbonyl (C=O) groups is 2. The Bertz CT molecular complexity index is 931. The van der Waals surface area contributed by atoms with Crippen LogP contribution in [0.4, 0.5) is 10.1 Å². The Hall–Kier alpha value is -3.09. The van der Waals surface area contributed by atoms with Crippen molar-refractivity contribution in [3.05, 3.63) is 53.8 Å². The predicted molar refractivity (Wildman–Crippen MR) is 100 cm³/mol. The molecule has 2 atom stereocenters. The maximum absolute atomic E-state index is 13.2. The van der Waals surface area contributed by atoms with Crippen LogP contribution in [0.5, 0.6) is 11.5 Å². The van der Waals surface area contributed by atoms with Gasteiger partial charge in [-0.15, -0.1) is 0 Å². The molecule has 2 aromatic carbocycles. The SMILES string of the molecule is CCC(C)(C(=O)Nc1ccc2c(c1)OCO2)N1C(=O)CC1c1ccc(F)cc1. The van der Waals surface area contributed by atoms with Gasteiger partial charge in [0.05, 0.1) is 12.5 Å². The summed E-state index contributed by atoms with van der Waals surface area (Å²) in [6.07, 6.45) is 0.741. The number of halogens is 1. The molecular formula is C21H21FN2O4. The van der Waals surface area contributed by atoms with Gasteiger partial charge in [0.1, 0.15) is 11.4 Å². The summed E-state index contributed by atoms with van der Waals surface area (Å²) >= 11 is 0. The van der Waals surface area contributed by atoms with E-state index in [4.69, 9.17) is 9.47 Å². The van der Waals surface area contributed by atoms with Gasteiger partial charge in [0.25, 0.3) is 0 Å². The van der Waals surface area contributed by atoms with E-state index < -0.39 is 5.54 Å². The van der Waals surface area contributed by atoms with E-state index in [1.54, 1.807) is 42.2 Å². The number of benzene rings is 2. The molecule has 0 aliphatic carbocycles. The van der Waals surface area contributed by atoms with E-state index in [2.05, 4.69) is 5.32 Å². The topological polar surface area (TPSA) is 67.9 Å². The summed E-state index contributed by atoms with van der Waals surface area (Å²) in [5, 5.41) is 2.89. The highest BCUT2D eigenvalue weighted by Gasteiger charge is 2.51. The van der Waals surface area contributed by atoms with Crippen LogP contribution in [-0.2, 0) is 9.59 Å². The van der Waals surface area contributed by atoms with Crippen molar-refractivity contribution in [1.82, 2.24) is 4.90 Å². The first-order valence-electron chi connectivity index (χ1n) is 9.21. The van der Waals surface area contributed by atoms with Gasteiger partial charge in [0.15, 0.2) is 11.5 Å². The minimum absolute atomic E-state index is 0.0977. The first-order valence-corrected chi connectivity index (χ1v) is 9.21. The van der Waals surface area contributed by atoms with Crippen LogP contribution < -0.4 is 14.8 Å². The van der Waals surface area contributed by atoms with Crippen LogP contribution in [-0.4, -0.2) is 29.0 Å². The summed E-state index contributed by atoms with van der Waals surface area (Å²) in [5.74, 6) is 0.485. The summed E-state index contributed by atoms with van der Waals surface area (Å²) < 4.78 is 23.9. The number of amides is 2. The average molecular weight is 384 g/mol. The maximum atomic E-state index is 13.2. The van der Waals surface area contributed by atoms with Gasteiger partial charge in [-0.2, -0.15) is 0 Å². The Kier molecular flexibility index (Phi) is 4.45. The summed E-state index contributed by atoms with van der Waals surface area (Å²) in [6.45, 7) is 3.77. The third-order valence-corrected chi connectivity index (χ3v) is 5.54. The zero-order chi connectivity index (χ0) is 19.9. The van der Waals surface area contributed by atoms with Crippen LogP contribution in [0, 0.1) is 5.82 Å². The van der Waals surface area contributed by atoms with Crippen LogP contribution in [0.25, 0.3) is 0 Å². The van der Waals surface area contributed by atoms with Crippen LogP contribution in [0.15, 0.2) is 42.5 Å². The lowest BCUT2D eigenvalue weighted by molar-refractivity contribution is -0.162. The van der Waals surface area contributed by atoms with Gasteiger partial charge in [0.2, 0.25) is 18.6 Å². The minimum Gasteiger partial charge on any atom is -0.454 e. The Morgan fingerprint density at radius 2 is 1.93 bits per heavy atom. The lowest BCUT2D eigenvalue weighted by atomic mass is 9.83. The molecule has 28 heavy (non-hydrogen) atoms. The second-order valence-corrected chi connectivity index (χ2v) is 7.18. The number of anilines is 1. The van der Waals surface area contributed by atoms with Crippen molar-refractivity contribution in [2.45, 2.75) is 38.3 Å². The van der Waals surface area contributed by atoms with E-state index in [0.29, 0.717) is 30.0 Å². The number of fused-ring (bicyclic) bond motifs is 1. The van der Waals surface area contributed by atoms with Crippen molar-refractivity contribution >= 4 is 17.5 Å². The maximum Gasteiger partial charge on any atom is 0.250 e. The van der Waals surface area contributed by atoms with Crippen molar-refractivity contribution in [1.29, 1.82) is 0 Å². The number of carbonyl (C=O) groups excluding carboxylic acids is 2. The molecule has 6 nitrogen and oxygen atoms in total. The molecule has 2 amide bonds. The fourth-order valence-corrected chi connectivity index (χ4v) is 3.67. The van der Waals surface area contributed by atoms with Gasteiger partial charge in [-0.05, 0) is 43.2 Å². The van der Waals surface area contributed by atoms with E-state index >= 15 is 0 Å². The molecule has 2 aromatic rings. The van der Waals surface area contributed by atoms with E-state index in [-0.39, 0.29) is 30.5 Å². The van der Waals surface area contributed by atoms with Crippen molar-refractivity contribution in [2.24, 2.45) is 0 Å². The molecule has 0 spiro atoms. The molecule has 0 aromatic heterocycles. The lowest BCUT2D eigenvalue weighted by Crippen LogP contribution is -2.63. The Morgan fingerprint density at radius 1 is 1.21 bits per heavy atom. The predicted octanol–water partition coefficient (Wildman–Crippen LogP) is 3.64. The molecule has 2 aliphatic heterocycles. The highest BCUT2D eigenvalue weighted by atomic mass is 19.1. The van der Waals surface area contributed by atoms with Crippen molar-refractivity contribution in [3.63, 3.8) is 0 Å². The van der Waals surface area contributed by atoms with Crippen molar-refractivity contribution < 1.29 is 23.5 Å². The number of rotatable bonds is 5. The van der Waals surface area contributed by atoms with Crippen LogP contribution in [0.2, 0.25) is 0 Å². The molecule has 146 valence electrons. The standard InChI is InChI=1S/C21H21FN2O4/c1-3-21(2,20(26)23-15-8-9-17-18(10-15)28-12-27-17)24-16(11-19(24)25)13-4-6-14(22)7-5-13/h4-10,16H,3,11-12H2,1-2H3,(H,23,26). The molecule has 0 bridgehead atoms. The van der Waals surface area contributed by atoms with E-state index in [1.807, 2.05) is 6.92 Å². The lowest BCUT2D eigenvalue weighted by Gasteiger charge is -2.50. The normalized spacial score (nSPS) is 19.8. The van der Waals surface area contributed by atoms with E-state index in [9.17, 15) is 14.0 Å². The number of hydrogen-bond acceptors (Lipinski definition) is 4. The van der Waals surface area contributed by atoms with Gasteiger partial charge in [-0.3, -0.25) is 9.59 Å².